The summed E-state index contributed by atoms with van der Waals surface area (Å²) in [5.74, 6) is -0.000247. The molecule has 5 heteroatoms. The van der Waals surface area contributed by atoms with Crippen molar-refractivity contribution in [2.75, 3.05) is 6.61 Å². The van der Waals surface area contributed by atoms with Gasteiger partial charge in [0.1, 0.15) is 12.1 Å². The molecule has 2 rings (SSSR count). The van der Waals surface area contributed by atoms with Gasteiger partial charge in [0.05, 0.1) is 6.10 Å². The first-order valence-electron chi connectivity index (χ1n) is 7.58. The Hall–Kier alpha value is -1.10. The molecule has 1 heterocycles. The van der Waals surface area contributed by atoms with E-state index < -0.39 is 6.04 Å². The molecule has 0 bridgehead atoms. The number of carbonyl (C=O) groups is 2. The van der Waals surface area contributed by atoms with Crippen LogP contribution in [0.2, 0.25) is 0 Å². The van der Waals surface area contributed by atoms with E-state index in [0.717, 1.165) is 6.42 Å². The monoisotopic (exact) mass is 282 g/mol. The summed E-state index contributed by atoms with van der Waals surface area (Å²) in [7, 11) is 0. The molecule has 1 aliphatic heterocycles. The third-order valence-electron chi connectivity index (χ3n) is 4.84. The minimum Gasteiger partial charge on any atom is -0.378 e. The summed E-state index contributed by atoms with van der Waals surface area (Å²) in [5.41, 5.74) is -0.101. The molecule has 0 spiro atoms. The Morgan fingerprint density at radius 3 is 2.50 bits per heavy atom. The summed E-state index contributed by atoms with van der Waals surface area (Å²) in [4.78, 5) is 26.4. The first kappa shape index (κ1) is 15.3. The van der Waals surface area contributed by atoms with Crippen LogP contribution in [0.3, 0.4) is 0 Å². The second-order valence-electron chi connectivity index (χ2n) is 6.42. The number of nitrogens with one attached hydrogen (secondary N) is 1. The van der Waals surface area contributed by atoms with Crippen LogP contribution in [0.25, 0.3) is 0 Å². The number of carbonyl (C=O) groups excluding carboxylic acids is 2. The molecule has 1 saturated heterocycles. The van der Waals surface area contributed by atoms with Crippen molar-refractivity contribution in [1.82, 2.24) is 10.2 Å². The highest BCUT2D eigenvalue weighted by Crippen LogP contribution is 2.47. The molecule has 20 heavy (non-hydrogen) atoms. The molecule has 2 amide bonds. The number of hydrogen-bond acceptors (Lipinski definition) is 3. The molecular weight excluding hydrogens is 256 g/mol. The van der Waals surface area contributed by atoms with E-state index in [9.17, 15) is 9.59 Å². The molecule has 5 nitrogen and oxygen atoms in total. The lowest BCUT2D eigenvalue weighted by Gasteiger charge is -2.58. The van der Waals surface area contributed by atoms with Crippen molar-refractivity contribution in [3.05, 3.63) is 0 Å². The van der Waals surface area contributed by atoms with Crippen LogP contribution in [0.5, 0.6) is 0 Å². The second-order valence-corrected chi connectivity index (χ2v) is 6.42. The van der Waals surface area contributed by atoms with E-state index >= 15 is 0 Å². The number of nitrogens with zero attached hydrogens (tertiary/aromatic N) is 1. The van der Waals surface area contributed by atoms with Crippen LogP contribution in [0.15, 0.2) is 0 Å². The molecule has 1 N–H and O–H groups in total. The number of ether oxygens (including phenoxy) is 1. The average Bonchev–Trinajstić information content (AvgIpc) is 2.39. The minimum atomic E-state index is -0.424. The van der Waals surface area contributed by atoms with Gasteiger partial charge in [-0.3, -0.25) is 9.59 Å². The molecule has 4 atom stereocenters. The van der Waals surface area contributed by atoms with Gasteiger partial charge in [-0.2, -0.15) is 0 Å². The van der Waals surface area contributed by atoms with Gasteiger partial charge in [0.2, 0.25) is 11.8 Å². The molecule has 0 radical (unpaired) electrons. The van der Waals surface area contributed by atoms with Crippen molar-refractivity contribution in [3.63, 3.8) is 0 Å². The number of piperazine rings is 1. The highest BCUT2D eigenvalue weighted by atomic mass is 16.5. The summed E-state index contributed by atoms with van der Waals surface area (Å²) >= 11 is 0. The van der Waals surface area contributed by atoms with Gasteiger partial charge in [-0.15, -0.1) is 0 Å². The molecule has 1 saturated carbocycles. The van der Waals surface area contributed by atoms with Gasteiger partial charge in [-0.1, -0.05) is 20.8 Å². The van der Waals surface area contributed by atoms with Gasteiger partial charge in [0.25, 0.3) is 0 Å². The molecule has 4 unspecified atom stereocenters. The zero-order valence-corrected chi connectivity index (χ0v) is 13.1. The van der Waals surface area contributed by atoms with Crippen LogP contribution >= 0.6 is 0 Å². The van der Waals surface area contributed by atoms with E-state index in [1.165, 1.54) is 0 Å². The van der Waals surface area contributed by atoms with Crippen molar-refractivity contribution in [1.29, 1.82) is 0 Å². The van der Waals surface area contributed by atoms with Gasteiger partial charge < -0.3 is 15.0 Å². The summed E-state index contributed by atoms with van der Waals surface area (Å²) in [5, 5.41) is 2.77. The Kier molecular flexibility index (Phi) is 4.09. The van der Waals surface area contributed by atoms with E-state index in [0.29, 0.717) is 13.0 Å². The average molecular weight is 282 g/mol. The van der Waals surface area contributed by atoms with E-state index in [2.05, 4.69) is 19.2 Å². The van der Waals surface area contributed by atoms with Crippen molar-refractivity contribution in [2.45, 2.75) is 71.7 Å². The number of rotatable bonds is 4. The van der Waals surface area contributed by atoms with Crippen molar-refractivity contribution in [3.8, 4) is 0 Å². The fraction of sp³-hybridized carbons (Fsp3) is 0.867. The molecule has 1 aliphatic carbocycles. The Bertz CT molecular complexity index is 408. The maximum absolute atomic E-state index is 12.5. The largest absolute Gasteiger partial charge is 0.378 e. The highest BCUT2D eigenvalue weighted by Gasteiger charge is 2.56. The first-order valence-corrected chi connectivity index (χ1v) is 7.58. The lowest BCUT2D eigenvalue weighted by Crippen LogP contribution is -2.72. The van der Waals surface area contributed by atoms with Crippen LogP contribution in [-0.2, 0) is 14.3 Å². The third kappa shape index (κ3) is 2.22. The lowest BCUT2D eigenvalue weighted by molar-refractivity contribution is -0.182. The first-order chi connectivity index (χ1) is 9.34. The molecule has 0 aromatic carbocycles. The Labute approximate surface area is 121 Å². The second kappa shape index (κ2) is 5.35. The van der Waals surface area contributed by atoms with E-state index in [4.69, 9.17) is 4.74 Å². The SMILES string of the molecule is CCOC1CC(N2C(=O)C(C)NC(=O)C2CC)C1(C)C. The zero-order valence-electron chi connectivity index (χ0n) is 13.1. The Morgan fingerprint density at radius 1 is 1.35 bits per heavy atom. The summed E-state index contributed by atoms with van der Waals surface area (Å²) in [6.45, 7) is 10.6. The molecule has 114 valence electrons. The maximum Gasteiger partial charge on any atom is 0.245 e. The van der Waals surface area contributed by atoms with Crippen molar-refractivity contribution < 1.29 is 14.3 Å². The third-order valence-corrected chi connectivity index (χ3v) is 4.84. The minimum absolute atomic E-state index is 0.0319. The predicted molar refractivity (Wildman–Crippen MR) is 76.1 cm³/mol. The van der Waals surface area contributed by atoms with Crippen LogP contribution in [0.4, 0.5) is 0 Å². The fourth-order valence-electron chi connectivity index (χ4n) is 3.45. The Balaban J connectivity index is 2.21. The molecule has 2 aliphatic rings. The zero-order chi connectivity index (χ0) is 15.1. The van der Waals surface area contributed by atoms with Gasteiger partial charge in [0.15, 0.2) is 0 Å². The molecule has 2 fully saturated rings. The van der Waals surface area contributed by atoms with Gasteiger partial charge in [0, 0.05) is 18.1 Å². The van der Waals surface area contributed by atoms with Gasteiger partial charge in [-0.05, 0) is 26.7 Å². The quantitative estimate of drug-likeness (QED) is 0.846. The van der Waals surface area contributed by atoms with E-state index in [1.807, 2.05) is 18.7 Å². The smallest absolute Gasteiger partial charge is 0.245 e. The predicted octanol–water partition coefficient (Wildman–Crippen LogP) is 1.32. The van der Waals surface area contributed by atoms with Crippen LogP contribution in [0.1, 0.15) is 47.5 Å². The maximum atomic E-state index is 12.5. The molecule has 0 aromatic rings. The standard InChI is InChI=1S/C15H26N2O3/c1-6-10-13(18)16-9(3)14(19)17(10)11-8-12(20-7-2)15(11,4)5/h9-12H,6-8H2,1-5H3,(H,16,18). The number of amides is 2. The van der Waals surface area contributed by atoms with Crippen molar-refractivity contribution in [2.24, 2.45) is 5.41 Å². The summed E-state index contributed by atoms with van der Waals surface area (Å²) in [6.07, 6.45) is 1.64. The van der Waals surface area contributed by atoms with Crippen LogP contribution in [-0.4, -0.2) is 47.6 Å². The van der Waals surface area contributed by atoms with Gasteiger partial charge >= 0.3 is 0 Å². The van der Waals surface area contributed by atoms with Crippen molar-refractivity contribution >= 4 is 11.8 Å². The Morgan fingerprint density at radius 2 is 2.00 bits per heavy atom. The van der Waals surface area contributed by atoms with Crippen LogP contribution in [0, 0.1) is 5.41 Å². The van der Waals surface area contributed by atoms with Crippen LogP contribution < -0.4 is 5.32 Å². The van der Waals surface area contributed by atoms with E-state index in [1.54, 1.807) is 6.92 Å². The summed E-state index contributed by atoms with van der Waals surface area (Å²) in [6, 6.07) is -0.678. The molecular formula is C15H26N2O3. The highest BCUT2D eigenvalue weighted by molar-refractivity contribution is 5.97. The normalized spacial score (nSPS) is 36.5. The van der Waals surface area contributed by atoms with Gasteiger partial charge in [-0.25, -0.2) is 0 Å². The fourth-order valence-corrected chi connectivity index (χ4v) is 3.45. The van der Waals surface area contributed by atoms with E-state index in [-0.39, 0.29) is 35.4 Å². The molecule has 0 aromatic heterocycles. The number of hydrogen-bond donors (Lipinski definition) is 1. The lowest BCUT2D eigenvalue weighted by atomic mass is 9.63. The topological polar surface area (TPSA) is 58.6 Å². The summed E-state index contributed by atoms with van der Waals surface area (Å²) < 4.78 is 5.73.